The first-order valence-electron chi connectivity index (χ1n) is 12.6. The standard InChI is InChI=1S/C30H33BrCl2N2O3/c1-5-21(4)34-30(37)27(15-22-9-7-6-8-10-22)35(17-23-11-12-24(32)16-26(23)33)28(36)18-38-25-13-19(2)29(31)20(3)14-25/h6-14,16,21,27H,5,15,17-18H2,1-4H3,(H,34,37)/t21-,27+/m1/s1. The van der Waals surface area contributed by atoms with Gasteiger partial charge in [-0.2, -0.15) is 0 Å². The van der Waals surface area contributed by atoms with E-state index < -0.39 is 6.04 Å². The Hall–Kier alpha value is -2.54. The van der Waals surface area contributed by atoms with E-state index in [0.29, 0.717) is 27.8 Å². The van der Waals surface area contributed by atoms with Crippen molar-refractivity contribution < 1.29 is 14.3 Å². The molecule has 0 aliphatic carbocycles. The van der Waals surface area contributed by atoms with Crippen LogP contribution in [-0.4, -0.2) is 35.4 Å². The Balaban J connectivity index is 1.96. The Bertz CT molecular complexity index is 1250. The second-order valence-corrected chi connectivity index (χ2v) is 11.1. The maximum absolute atomic E-state index is 13.8. The van der Waals surface area contributed by atoms with Crippen molar-refractivity contribution in [3.8, 4) is 5.75 Å². The van der Waals surface area contributed by atoms with Crippen LogP contribution in [0.5, 0.6) is 5.75 Å². The Morgan fingerprint density at radius 3 is 2.29 bits per heavy atom. The van der Waals surface area contributed by atoms with E-state index in [-0.39, 0.29) is 31.0 Å². The summed E-state index contributed by atoms with van der Waals surface area (Å²) < 4.78 is 6.94. The third-order valence-electron chi connectivity index (χ3n) is 6.40. The number of benzene rings is 3. The lowest BCUT2D eigenvalue weighted by Crippen LogP contribution is -2.53. The second-order valence-electron chi connectivity index (χ2n) is 9.44. The van der Waals surface area contributed by atoms with E-state index >= 15 is 0 Å². The lowest BCUT2D eigenvalue weighted by molar-refractivity contribution is -0.143. The first kappa shape index (κ1) is 30.0. The van der Waals surface area contributed by atoms with Crippen LogP contribution in [0.15, 0.2) is 65.1 Å². The molecule has 0 aliphatic heterocycles. The predicted molar refractivity (Wildman–Crippen MR) is 158 cm³/mol. The van der Waals surface area contributed by atoms with Crippen molar-refractivity contribution in [1.29, 1.82) is 0 Å². The number of carbonyl (C=O) groups is 2. The molecule has 202 valence electrons. The van der Waals surface area contributed by atoms with E-state index in [9.17, 15) is 9.59 Å². The van der Waals surface area contributed by atoms with Gasteiger partial charge in [0.1, 0.15) is 11.8 Å². The molecule has 2 amide bonds. The number of hydrogen-bond acceptors (Lipinski definition) is 3. The number of amides is 2. The fourth-order valence-electron chi connectivity index (χ4n) is 4.05. The van der Waals surface area contributed by atoms with Gasteiger partial charge in [-0.25, -0.2) is 0 Å². The van der Waals surface area contributed by atoms with Crippen molar-refractivity contribution in [2.24, 2.45) is 0 Å². The summed E-state index contributed by atoms with van der Waals surface area (Å²) in [5.41, 5.74) is 3.64. The van der Waals surface area contributed by atoms with Crippen LogP contribution < -0.4 is 10.1 Å². The molecule has 0 spiro atoms. The number of nitrogens with one attached hydrogen (secondary N) is 1. The maximum atomic E-state index is 13.8. The van der Waals surface area contributed by atoms with Gasteiger partial charge in [0.2, 0.25) is 5.91 Å². The van der Waals surface area contributed by atoms with Gasteiger partial charge in [0.25, 0.3) is 5.91 Å². The highest BCUT2D eigenvalue weighted by Gasteiger charge is 2.31. The second kappa shape index (κ2) is 14.0. The molecule has 0 aromatic heterocycles. The largest absolute Gasteiger partial charge is 0.484 e. The fraction of sp³-hybridized carbons (Fsp3) is 0.333. The van der Waals surface area contributed by atoms with Crippen LogP contribution >= 0.6 is 39.1 Å². The van der Waals surface area contributed by atoms with Crippen molar-refractivity contribution in [2.75, 3.05) is 6.61 Å². The van der Waals surface area contributed by atoms with Crippen LogP contribution in [0, 0.1) is 13.8 Å². The van der Waals surface area contributed by atoms with Crippen LogP contribution in [-0.2, 0) is 22.6 Å². The van der Waals surface area contributed by atoms with Gasteiger partial charge in [-0.1, -0.05) is 82.5 Å². The summed E-state index contributed by atoms with van der Waals surface area (Å²) in [6.07, 6.45) is 1.11. The monoisotopic (exact) mass is 618 g/mol. The number of aryl methyl sites for hydroxylation is 2. The first-order chi connectivity index (χ1) is 18.1. The molecular weight excluding hydrogens is 587 g/mol. The maximum Gasteiger partial charge on any atom is 0.261 e. The topological polar surface area (TPSA) is 58.6 Å². The lowest BCUT2D eigenvalue weighted by atomic mass is 10.0. The molecule has 3 aromatic rings. The van der Waals surface area contributed by atoms with Gasteiger partial charge in [0, 0.05) is 33.5 Å². The van der Waals surface area contributed by atoms with Gasteiger partial charge in [-0.3, -0.25) is 9.59 Å². The van der Waals surface area contributed by atoms with Crippen LogP contribution in [0.1, 0.15) is 42.5 Å². The normalized spacial score (nSPS) is 12.5. The van der Waals surface area contributed by atoms with E-state index in [1.807, 2.05) is 70.2 Å². The summed E-state index contributed by atoms with van der Waals surface area (Å²) in [7, 11) is 0. The van der Waals surface area contributed by atoms with E-state index in [1.165, 1.54) is 0 Å². The number of rotatable bonds is 11. The molecular formula is C30H33BrCl2N2O3. The number of halogens is 3. The number of carbonyl (C=O) groups excluding carboxylic acids is 2. The molecule has 38 heavy (non-hydrogen) atoms. The van der Waals surface area contributed by atoms with Crippen molar-refractivity contribution >= 4 is 50.9 Å². The minimum absolute atomic E-state index is 0.0400. The molecule has 0 saturated heterocycles. The average Bonchev–Trinajstić information content (AvgIpc) is 2.89. The van der Waals surface area contributed by atoms with Crippen molar-refractivity contribution in [1.82, 2.24) is 10.2 Å². The van der Waals surface area contributed by atoms with Crippen LogP contribution in [0.25, 0.3) is 0 Å². The van der Waals surface area contributed by atoms with Gasteiger partial charge >= 0.3 is 0 Å². The summed E-state index contributed by atoms with van der Waals surface area (Å²) in [5.74, 6) is 0.0381. The average molecular weight is 620 g/mol. The zero-order chi connectivity index (χ0) is 27.8. The SMILES string of the molecule is CC[C@@H](C)NC(=O)[C@H](Cc1ccccc1)N(Cc1ccc(Cl)cc1Cl)C(=O)COc1cc(C)c(Br)c(C)c1. The Labute approximate surface area is 243 Å². The lowest BCUT2D eigenvalue weighted by Gasteiger charge is -2.32. The van der Waals surface area contributed by atoms with Crippen molar-refractivity contribution in [2.45, 2.75) is 59.2 Å². The van der Waals surface area contributed by atoms with Gasteiger partial charge in [0.05, 0.1) is 0 Å². The molecule has 0 fully saturated rings. The molecule has 0 aliphatic rings. The number of nitrogens with zero attached hydrogens (tertiary/aromatic N) is 1. The molecule has 0 bridgehead atoms. The predicted octanol–water partition coefficient (Wildman–Crippen LogP) is 7.31. The Kier molecular flexibility index (Phi) is 11.1. The van der Waals surface area contributed by atoms with Crippen molar-refractivity contribution in [3.05, 3.63) is 97.4 Å². The van der Waals surface area contributed by atoms with Gasteiger partial charge in [0.15, 0.2) is 6.61 Å². The molecule has 0 unspecified atom stereocenters. The Morgan fingerprint density at radius 1 is 1.03 bits per heavy atom. The zero-order valence-electron chi connectivity index (χ0n) is 22.1. The molecule has 0 saturated carbocycles. The van der Waals surface area contributed by atoms with E-state index in [1.54, 1.807) is 23.1 Å². The van der Waals surface area contributed by atoms with E-state index in [0.717, 1.165) is 27.6 Å². The minimum Gasteiger partial charge on any atom is -0.484 e. The smallest absolute Gasteiger partial charge is 0.261 e. The third kappa shape index (κ3) is 8.23. The summed E-state index contributed by atoms with van der Waals surface area (Å²) in [6.45, 7) is 7.78. The first-order valence-corrected chi connectivity index (χ1v) is 14.1. The van der Waals surface area contributed by atoms with Gasteiger partial charge < -0.3 is 15.0 Å². The van der Waals surface area contributed by atoms with Crippen LogP contribution in [0.4, 0.5) is 0 Å². The highest BCUT2D eigenvalue weighted by atomic mass is 79.9. The number of ether oxygens (including phenoxy) is 1. The molecule has 2 atom stereocenters. The van der Waals surface area contributed by atoms with E-state index in [4.69, 9.17) is 27.9 Å². The highest BCUT2D eigenvalue weighted by molar-refractivity contribution is 9.10. The van der Waals surface area contributed by atoms with Crippen molar-refractivity contribution in [3.63, 3.8) is 0 Å². The molecule has 5 nitrogen and oxygen atoms in total. The highest BCUT2D eigenvalue weighted by Crippen LogP contribution is 2.27. The summed E-state index contributed by atoms with van der Waals surface area (Å²) in [6, 6.07) is 17.7. The molecule has 0 heterocycles. The number of hydrogen-bond donors (Lipinski definition) is 1. The molecule has 1 N–H and O–H groups in total. The van der Waals surface area contributed by atoms with Gasteiger partial charge in [-0.15, -0.1) is 0 Å². The summed E-state index contributed by atoms with van der Waals surface area (Å²) >= 11 is 16.2. The minimum atomic E-state index is -0.775. The van der Waals surface area contributed by atoms with Crippen LogP contribution in [0.2, 0.25) is 10.0 Å². The quantitative estimate of drug-likeness (QED) is 0.245. The van der Waals surface area contributed by atoms with E-state index in [2.05, 4.69) is 21.2 Å². The third-order valence-corrected chi connectivity index (χ3v) is 8.24. The summed E-state index contributed by atoms with van der Waals surface area (Å²) in [4.78, 5) is 28.9. The zero-order valence-corrected chi connectivity index (χ0v) is 25.2. The molecule has 3 rings (SSSR count). The molecule has 8 heteroatoms. The molecule has 3 aromatic carbocycles. The van der Waals surface area contributed by atoms with Gasteiger partial charge in [-0.05, 0) is 73.7 Å². The fourth-order valence-corrected chi connectivity index (χ4v) is 4.74. The van der Waals surface area contributed by atoms with Crippen LogP contribution in [0.3, 0.4) is 0 Å². The Morgan fingerprint density at radius 2 is 1.68 bits per heavy atom. The molecule has 0 radical (unpaired) electrons. The summed E-state index contributed by atoms with van der Waals surface area (Å²) in [5, 5.41) is 3.98.